The van der Waals surface area contributed by atoms with Crippen molar-refractivity contribution in [3.8, 4) is 6.07 Å². The number of nitrogens with zero attached hydrogens (tertiary/aromatic N) is 4. The average molecular weight is 355 g/mol. The monoisotopic (exact) mass is 355 g/mol. The van der Waals surface area contributed by atoms with Gasteiger partial charge in [0.1, 0.15) is 5.69 Å². The second kappa shape index (κ2) is 6.89. The molecule has 1 amide bonds. The first kappa shape index (κ1) is 16.7. The molecule has 0 saturated heterocycles. The van der Waals surface area contributed by atoms with Gasteiger partial charge in [-0.15, -0.1) is 0 Å². The molecule has 1 aromatic heterocycles. The Morgan fingerprint density at radius 1 is 1.15 bits per heavy atom. The van der Waals surface area contributed by atoms with E-state index in [1.54, 1.807) is 30.3 Å². The average Bonchev–Trinajstić information content (AvgIpc) is 3.12. The van der Waals surface area contributed by atoms with Gasteiger partial charge in [0.25, 0.3) is 5.91 Å². The van der Waals surface area contributed by atoms with Crippen LogP contribution in [0.5, 0.6) is 0 Å². The van der Waals surface area contributed by atoms with Crippen LogP contribution in [-0.4, -0.2) is 22.4 Å². The largest absolute Gasteiger partial charge is 0.321 e. The Labute approximate surface area is 157 Å². The van der Waals surface area contributed by atoms with Gasteiger partial charge in [0.15, 0.2) is 0 Å². The smallest absolute Gasteiger partial charge is 0.274 e. The molecule has 0 unspecified atom stereocenters. The molecular formula is C21H17N5O. The fourth-order valence-corrected chi connectivity index (χ4v) is 3.16. The maximum Gasteiger partial charge on any atom is 0.274 e. The van der Waals surface area contributed by atoms with Gasteiger partial charge in [0.2, 0.25) is 5.95 Å². The lowest BCUT2D eigenvalue weighted by molar-refractivity contribution is 0.102. The first-order valence-electron chi connectivity index (χ1n) is 8.67. The van der Waals surface area contributed by atoms with Gasteiger partial charge < -0.3 is 10.2 Å². The van der Waals surface area contributed by atoms with Gasteiger partial charge >= 0.3 is 0 Å². The Morgan fingerprint density at radius 3 is 2.70 bits per heavy atom. The van der Waals surface area contributed by atoms with Gasteiger partial charge in [-0.05, 0) is 55.3 Å². The molecule has 1 aliphatic rings. The van der Waals surface area contributed by atoms with Gasteiger partial charge in [-0.2, -0.15) is 5.26 Å². The van der Waals surface area contributed by atoms with Crippen LogP contribution in [0.1, 0.15) is 27.3 Å². The van der Waals surface area contributed by atoms with Crippen molar-refractivity contribution in [3.05, 3.63) is 77.1 Å². The third-order valence-corrected chi connectivity index (χ3v) is 4.48. The Balaban J connectivity index is 1.61. The molecule has 0 radical (unpaired) electrons. The lowest BCUT2D eigenvalue weighted by Crippen LogP contribution is -2.20. The van der Waals surface area contributed by atoms with E-state index in [-0.39, 0.29) is 5.91 Å². The first-order chi connectivity index (χ1) is 13.1. The van der Waals surface area contributed by atoms with Crippen molar-refractivity contribution in [2.45, 2.75) is 13.3 Å². The van der Waals surface area contributed by atoms with E-state index in [0.717, 1.165) is 24.3 Å². The molecule has 0 saturated carbocycles. The van der Waals surface area contributed by atoms with E-state index in [2.05, 4.69) is 27.4 Å². The zero-order chi connectivity index (χ0) is 18.8. The summed E-state index contributed by atoms with van der Waals surface area (Å²) < 4.78 is 0. The summed E-state index contributed by atoms with van der Waals surface area (Å²) in [5.74, 6) is 0.226. The number of benzene rings is 2. The highest BCUT2D eigenvalue weighted by Crippen LogP contribution is 2.32. The van der Waals surface area contributed by atoms with E-state index in [9.17, 15) is 4.79 Å². The van der Waals surface area contributed by atoms with E-state index in [0.29, 0.717) is 22.9 Å². The molecule has 1 aliphatic heterocycles. The molecule has 0 aliphatic carbocycles. The molecule has 27 heavy (non-hydrogen) atoms. The van der Waals surface area contributed by atoms with E-state index in [1.165, 1.54) is 5.56 Å². The highest BCUT2D eigenvalue weighted by atomic mass is 16.1. The summed E-state index contributed by atoms with van der Waals surface area (Å²) in [6.45, 7) is 2.64. The van der Waals surface area contributed by atoms with Crippen molar-refractivity contribution in [2.75, 3.05) is 16.8 Å². The lowest BCUT2D eigenvalue weighted by Gasteiger charge is -2.18. The normalized spacial score (nSPS) is 12.4. The number of hydrogen-bond donors (Lipinski definition) is 1. The number of carbonyl (C=O) groups is 1. The second-order valence-corrected chi connectivity index (χ2v) is 6.37. The Hall–Kier alpha value is -3.72. The summed E-state index contributed by atoms with van der Waals surface area (Å²) in [5.41, 5.74) is 4.54. The lowest BCUT2D eigenvalue weighted by atomic mass is 10.2. The molecule has 3 aromatic rings. The van der Waals surface area contributed by atoms with Crippen LogP contribution < -0.4 is 10.2 Å². The number of anilines is 3. The predicted octanol–water partition coefficient (Wildman–Crippen LogP) is 3.60. The van der Waals surface area contributed by atoms with Crippen molar-refractivity contribution in [3.63, 3.8) is 0 Å². The number of nitriles is 1. The van der Waals surface area contributed by atoms with Crippen LogP contribution in [0.4, 0.5) is 17.3 Å². The number of nitrogens with one attached hydrogen (secondary N) is 1. The fraction of sp³-hybridized carbons (Fsp3) is 0.143. The summed E-state index contributed by atoms with van der Waals surface area (Å²) in [4.78, 5) is 23.7. The van der Waals surface area contributed by atoms with Crippen molar-refractivity contribution in [1.29, 1.82) is 5.26 Å². The molecule has 2 aromatic carbocycles. The molecule has 132 valence electrons. The SMILES string of the molecule is Cc1cc(C(=O)Nc2ccc(C#N)cc2)nc(N2CCc3ccccc32)n1. The number of fused-ring (bicyclic) bond motifs is 1. The van der Waals surface area contributed by atoms with E-state index in [1.807, 2.05) is 30.0 Å². The third-order valence-electron chi connectivity index (χ3n) is 4.48. The third kappa shape index (κ3) is 3.35. The predicted molar refractivity (Wildman–Crippen MR) is 103 cm³/mol. The quantitative estimate of drug-likeness (QED) is 0.776. The molecule has 0 spiro atoms. The number of aryl methyl sites for hydroxylation is 1. The number of carbonyl (C=O) groups excluding carboxylic acids is 1. The minimum absolute atomic E-state index is 0.307. The van der Waals surface area contributed by atoms with Gasteiger partial charge in [0.05, 0.1) is 11.6 Å². The molecular weight excluding hydrogens is 338 g/mol. The van der Waals surface area contributed by atoms with Gasteiger partial charge in [-0.1, -0.05) is 18.2 Å². The summed E-state index contributed by atoms with van der Waals surface area (Å²) >= 11 is 0. The number of hydrogen-bond acceptors (Lipinski definition) is 5. The maximum atomic E-state index is 12.6. The van der Waals surface area contributed by atoms with Gasteiger partial charge in [-0.3, -0.25) is 4.79 Å². The van der Waals surface area contributed by atoms with Crippen LogP contribution in [0.2, 0.25) is 0 Å². The number of aromatic nitrogens is 2. The Bertz CT molecular complexity index is 1050. The van der Waals surface area contributed by atoms with Crippen molar-refractivity contribution in [1.82, 2.24) is 9.97 Å². The number of amides is 1. The standard InChI is InChI=1S/C21H17N5O/c1-14-12-18(20(27)24-17-8-6-15(13-22)7-9-17)25-21(23-14)26-11-10-16-4-2-3-5-19(16)26/h2-9,12H,10-11H2,1H3,(H,24,27). The van der Waals surface area contributed by atoms with Crippen LogP contribution >= 0.6 is 0 Å². The summed E-state index contributed by atoms with van der Waals surface area (Å²) in [7, 11) is 0. The number of rotatable bonds is 3. The van der Waals surface area contributed by atoms with Crippen LogP contribution in [0.25, 0.3) is 0 Å². The maximum absolute atomic E-state index is 12.6. The molecule has 0 atom stereocenters. The van der Waals surface area contributed by atoms with Crippen molar-refractivity contribution >= 4 is 23.2 Å². The number of para-hydroxylation sites is 1. The molecule has 0 fully saturated rings. The van der Waals surface area contributed by atoms with Gasteiger partial charge in [0, 0.05) is 23.6 Å². The van der Waals surface area contributed by atoms with Crippen molar-refractivity contribution in [2.24, 2.45) is 0 Å². The molecule has 6 nitrogen and oxygen atoms in total. The van der Waals surface area contributed by atoms with E-state index in [4.69, 9.17) is 5.26 Å². The summed E-state index contributed by atoms with van der Waals surface area (Å²) in [5, 5.41) is 11.7. The minimum Gasteiger partial charge on any atom is -0.321 e. The molecule has 4 rings (SSSR count). The van der Waals surface area contributed by atoms with Gasteiger partial charge in [-0.25, -0.2) is 9.97 Å². The van der Waals surface area contributed by atoms with Crippen LogP contribution in [0.3, 0.4) is 0 Å². The molecule has 0 bridgehead atoms. The highest BCUT2D eigenvalue weighted by Gasteiger charge is 2.23. The summed E-state index contributed by atoms with van der Waals surface area (Å²) in [6.07, 6.45) is 0.931. The van der Waals surface area contributed by atoms with Crippen LogP contribution in [-0.2, 0) is 6.42 Å². The Morgan fingerprint density at radius 2 is 1.93 bits per heavy atom. The highest BCUT2D eigenvalue weighted by molar-refractivity contribution is 6.03. The minimum atomic E-state index is -0.307. The molecule has 2 heterocycles. The first-order valence-corrected chi connectivity index (χ1v) is 8.67. The topological polar surface area (TPSA) is 81.9 Å². The van der Waals surface area contributed by atoms with E-state index >= 15 is 0 Å². The van der Waals surface area contributed by atoms with Crippen LogP contribution in [0, 0.1) is 18.3 Å². The Kier molecular flexibility index (Phi) is 4.27. The second-order valence-electron chi connectivity index (χ2n) is 6.37. The zero-order valence-corrected chi connectivity index (χ0v) is 14.8. The fourth-order valence-electron chi connectivity index (χ4n) is 3.16. The van der Waals surface area contributed by atoms with E-state index < -0.39 is 0 Å². The zero-order valence-electron chi connectivity index (χ0n) is 14.8. The molecule has 1 N–H and O–H groups in total. The van der Waals surface area contributed by atoms with Crippen molar-refractivity contribution < 1.29 is 4.79 Å². The van der Waals surface area contributed by atoms with Crippen LogP contribution in [0.15, 0.2) is 54.6 Å². The molecule has 6 heteroatoms. The summed E-state index contributed by atoms with van der Waals surface area (Å²) in [6, 6.07) is 18.6.